The van der Waals surface area contributed by atoms with Crippen LogP contribution in [0.1, 0.15) is 27.6 Å². The first kappa shape index (κ1) is 23.4. The second kappa shape index (κ2) is 10.5. The molecular formula is C28H25NO4S. The fourth-order valence-electron chi connectivity index (χ4n) is 3.57. The smallest absolute Gasteiger partial charge is 0.266 e. The van der Waals surface area contributed by atoms with Crippen molar-refractivity contribution in [3.63, 3.8) is 0 Å². The molecule has 0 fully saturated rings. The van der Waals surface area contributed by atoms with Crippen LogP contribution in [-0.4, -0.2) is 20.1 Å². The van der Waals surface area contributed by atoms with E-state index < -0.39 is 15.9 Å². The van der Waals surface area contributed by atoms with Crippen molar-refractivity contribution in [1.82, 2.24) is 0 Å². The Morgan fingerprint density at radius 1 is 0.794 bits per heavy atom. The van der Waals surface area contributed by atoms with E-state index in [-0.39, 0.29) is 16.6 Å². The lowest BCUT2D eigenvalue weighted by Gasteiger charge is -2.28. The quantitative estimate of drug-likeness (QED) is 0.305. The molecule has 0 bridgehead atoms. The van der Waals surface area contributed by atoms with Gasteiger partial charge in [-0.3, -0.25) is 9.63 Å². The largest absolute Gasteiger partial charge is 0.282 e. The van der Waals surface area contributed by atoms with E-state index in [4.69, 9.17) is 4.84 Å². The summed E-state index contributed by atoms with van der Waals surface area (Å²) >= 11 is 0. The van der Waals surface area contributed by atoms with Gasteiger partial charge in [-0.2, -0.15) is 5.06 Å². The van der Waals surface area contributed by atoms with Gasteiger partial charge < -0.3 is 0 Å². The average molecular weight is 472 g/mol. The maximum Gasteiger partial charge on any atom is 0.282 e. The number of aryl methyl sites for hydroxylation is 1. The maximum absolute atomic E-state index is 13.4. The minimum atomic E-state index is -3.71. The molecule has 0 radical (unpaired) electrons. The zero-order chi connectivity index (χ0) is 24.0. The molecule has 0 heterocycles. The molecule has 0 aliphatic heterocycles. The Hall–Kier alpha value is -3.74. The molecule has 1 atom stereocenters. The molecule has 0 aliphatic carbocycles. The zero-order valence-corrected chi connectivity index (χ0v) is 19.6. The lowest BCUT2D eigenvalue weighted by Crippen LogP contribution is -2.34. The molecule has 172 valence electrons. The third-order valence-electron chi connectivity index (χ3n) is 5.32. The molecule has 0 spiro atoms. The summed E-state index contributed by atoms with van der Waals surface area (Å²) in [5, 5.41) is 1.18. The molecule has 1 unspecified atom stereocenters. The number of amides is 1. The number of para-hydroxylation sites is 1. The van der Waals surface area contributed by atoms with Crippen LogP contribution >= 0.6 is 0 Å². The van der Waals surface area contributed by atoms with Crippen LogP contribution in [0, 0.1) is 6.92 Å². The first-order valence-corrected chi connectivity index (χ1v) is 12.5. The Balaban J connectivity index is 1.73. The van der Waals surface area contributed by atoms with Crippen LogP contribution in [0.25, 0.3) is 0 Å². The number of hydroxylamine groups is 1. The van der Waals surface area contributed by atoms with Gasteiger partial charge in [0.25, 0.3) is 5.91 Å². The van der Waals surface area contributed by atoms with Gasteiger partial charge in [-0.15, -0.1) is 0 Å². The van der Waals surface area contributed by atoms with Crippen LogP contribution in [0.3, 0.4) is 0 Å². The van der Waals surface area contributed by atoms with E-state index in [1.54, 1.807) is 78.9 Å². The Morgan fingerprint density at radius 2 is 1.38 bits per heavy atom. The van der Waals surface area contributed by atoms with Gasteiger partial charge in [0.1, 0.15) is 6.10 Å². The van der Waals surface area contributed by atoms with Crippen molar-refractivity contribution >= 4 is 21.4 Å². The highest BCUT2D eigenvalue weighted by Crippen LogP contribution is 2.28. The predicted octanol–water partition coefficient (Wildman–Crippen LogP) is 5.79. The van der Waals surface area contributed by atoms with E-state index in [9.17, 15) is 13.2 Å². The summed E-state index contributed by atoms with van der Waals surface area (Å²) in [5.41, 5.74) is 2.44. The maximum atomic E-state index is 13.4. The third kappa shape index (κ3) is 5.60. The first-order valence-electron chi connectivity index (χ1n) is 10.9. The van der Waals surface area contributed by atoms with Gasteiger partial charge in [-0.25, -0.2) is 8.42 Å². The van der Waals surface area contributed by atoms with Crippen LogP contribution in [0.2, 0.25) is 0 Å². The summed E-state index contributed by atoms with van der Waals surface area (Å²) < 4.78 is 26.7. The Morgan fingerprint density at radius 3 is 2.00 bits per heavy atom. The summed E-state index contributed by atoms with van der Waals surface area (Å²) in [6, 6.07) is 33.5. The molecule has 0 aliphatic rings. The standard InChI is InChI=1S/C28H25NO4S/c1-22-12-11-19-26(20-22)34(31,32)21-27(23-13-5-2-6-14-23)33-29(25-17-9-4-10-18-25)28(30)24-15-7-3-8-16-24/h2-20,27H,21H2,1H3. The van der Waals surface area contributed by atoms with Gasteiger partial charge in [-0.05, 0) is 54.4 Å². The van der Waals surface area contributed by atoms with E-state index in [0.717, 1.165) is 5.56 Å². The number of benzene rings is 4. The van der Waals surface area contributed by atoms with E-state index in [1.807, 2.05) is 43.3 Å². The number of sulfone groups is 1. The van der Waals surface area contributed by atoms with Gasteiger partial charge in [0.05, 0.1) is 16.3 Å². The predicted molar refractivity (Wildman–Crippen MR) is 133 cm³/mol. The molecule has 4 aromatic carbocycles. The third-order valence-corrected chi connectivity index (χ3v) is 7.03. The van der Waals surface area contributed by atoms with Crippen LogP contribution in [0.15, 0.2) is 120 Å². The molecule has 0 saturated carbocycles. The molecule has 6 heteroatoms. The number of nitrogens with zero attached hydrogens (tertiary/aromatic N) is 1. The van der Waals surface area contributed by atoms with Crippen molar-refractivity contribution in [2.75, 3.05) is 10.8 Å². The van der Waals surface area contributed by atoms with Crippen LogP contribution in [-0.2, 0) is 14.7 Å². The second-order valence-corrected chi connectivity index (χ2v) is 9.94. The van der Waals surface area contributed by atoms with Gasteiger partial charge in [0.2, 0.25) is 0 Å². The molecular weight excluding hydrogens is 446 g/mol. The number of anilines is 1. The number of carbonyl (C=O) groups excluding carboxylic acids is 1. The molecule has 34 heavy (non-hydrogen) atoms. The first-order chi connectivity index (χ1) is 16.4. The van der Waals surface area contributed by atoms with E-state index >= 15 is 0 Å². The lowest BCUT2D eigenvalue weighted by atomic mass is 10.1. The van der Waals surface area contributed by atoms with Gasteiger partial charge in [0, 0.05) is 5.56 Å². The lowest BCUT2D eigenvalue weighted by molar-refractivity contribution is 0.0357. The summed E-state index contributed by atoms with van der Waals surface area (Å²) in [5.74, 6) is -0.716. The summed E-state index contributed by atoms with van der Waals surface area (Å²) in [4.78, 5) is 19.9. The zero-order valence-electron chi connectivity index (χ0n) is 18.7. The minimum absolute atomic E-state index is 0.220. The highest BCUT2D eigenvalue weighted by molar-refractivity contribution is 7.91. The molecule has 0 N–H and O–H groups in total. The van der Waals surface area contributed by atoms with Crippen molar-refractivity contribution in [3.8, 4) is 0 Å². The molecule has 4 aromatic rings. The van der Waals surface area contributed by atoms with Crippen LogP contribution in [0.4, 0.5) is 5.69 Å². The fraction of sp³-hybridized carbons (Fsp3) is 0.107. The molecule has 5 nitrogen and oxygen atoms in total. The van der Waals surface area contributed by atoms with Crippen molar-refractivity contribution in [2.24, 2.45) is 0 Å². The normalized spacial score (nSPS) is 12.1. The number of rotatable bonds is 8. The van der Waals surface area contributed by atoms with Crippen LogP contribution in [0.5, 0.6) is 0 Å². The SMILES string of the molecule is Cc1cccc(S(=O)(=O)CC(ON(C(=O)c2ccccc2)c2ccccc2)c2ccccc2)c1. The number of carbonyl (C=O) groups is 1. The van der Waals surface area contributed by atoms with Gasteiger partial charge in [0.15, 0.2) is 9.84 Å². The molecule has 4 rings (SSSR count). The minimum Gasteiger partial charge on any atom is -0.266 e. The van der Waals surface area contributed by atoms with Crippen molar-refractivity contribution in [3.05, 3.63) is 132 Å². The Labute approximate surface area is 200 Å². The number of hydrogen-bond donors (Lipinski definition) is 0. The highest BCUT2D eigenvalue weighted by Gasteiger charge is 2.29. The molecule has 1 amide bonds. The summed E-state index contributed by atoms with van der Waals surface area (Å²) in [6.45, 7) is 1.85. The Kier molecular flexibility index (Phi) is 7.21. The van der Waals surface area contributed by atoms with E-state index in [0.29, 0.717) is 16.8 Å². The summed E-state index contributed by atoms with van der Waals surface area (Å²) in [7, 11) is -3.71. The van der Waals surface area contributed by atoms with Gasteiger partial charge >= 0.3 is 0 Å². The topological polar surface area (TPSA) is 63.7 Å². The number of hydrogen-bond acceptors (Lipinski definition) is 4. The van der Waals surface area contributed by atoms with Crippen molar-refractivity contribution in [1.29, 1.82) is 0 Å². The molecule has 0 aromatic heterocycles. The van der Waals surface area contributed by atoms with E-state index in [1.165, 1.54) is 5.06 Å². The average Bonchev–Trinajstić information content (AvgIpc) is 2.87. The van der Waals surface area contributed by atoms with Gasteiger partial charge in [-0.1, -0.05) is 78.9 Å². The van der Waals surface area contributed by atoms with Crippen molar-refractivity contribution < 1.29 is 18.0 Å². The molecule has 0 saturated heterocycles. The second-order valence-electron chi connectivity index (χ2n) is 7.90. The Bertz CT molecular complexity index is 1340. The van der Waals surface area contributed by atoms with Crippen LogP contribution < -0.4 is 5.06 Å². The highest BCUT2D eigenvalue weighted by atomic mass is 32.2. The fourth-order valence-corrected chi connectivity index (χ4v) is 5.07. The van der Waals surface area contributed by atoms with Crippen molar-refractivity contribution in [2.45, 2.75) is 17.9 Å². The monoisotopic (exact) mass is 471 g/mol. The summed E-state index contributed by atoms with van der Waals surface area (Å²) in [6.07, 6.45) is -0.917. The van der Waals surface area contributed by atoms with E-state index in [2.05, 4.69) is 0 Å².